The van der Waals surface area contributed by atoms with Gasteiger partial charge in [-0.1, -0.05) is 6.07 Å². The van der Waals surface area contributed by atoms with Crippen molar-refractivity contribution < 1.29 is 13.9 Å². The summed E-state index contributed by atoms with van der Waals surface area (Å²) < 4.78 is 10.6. The Kier molecular flexibility index (Phi) is 3.89. The molecule has 0 bridgehead atoms. The number of ketones is 1. The lowest BCUT2D eigenvalue weighted by Gasteiger charge is -2.10. The molecule has 104 valence electrons. The number of methoxy groups -OCH3 is 1. The van der Waals surface area contributed by atoms with Crippen LogP contribution in [-0.2, 0) is 0 Å². The van der Waals surface area contributed by atoms with Crippen molar-refractivity contribution in [3.63, 3.8) is 0 Å². The molecule has 1 aromatic carbocycles. The first kappa shape index (κ1) is 13.9. The van der Waals surface area contributed by atoms with Crippen LogP contribution in [0, 0.1) is 6.92 Å². The molecule has 0 spiro atoms. The normalized spacial score (nSPS) is 10.2. The highest BCUT2D eigenvalue weighted by Crippen LogP contribution is 2.23. The predicted octanol–water partition coefficient (Wildman–Crippen LogP) is 2.90. The second-order valence-electron chi connectivity index (χ2n) is 4.34. The van der Waals surface area contributed by atoms with E-state index in [0.29, 0.717) is 17.2 Å². The topological polar surface area (TPSA) is 68.5 Å². The summed E-state index contributed by atoms with van der Waals surface area (Å²) in [4.78, 5) is 23.5. The van der Waals surface area contributed by atoms with Gasteiger partial charge < -0.3 is 14.5 Å². The molecule has 0 fully saturated rings. The maximum Gasteiger partial charge on any atom is 0.212 e. The molecule has 0 amide bonds. The van der Waals surface area contributed by atoms with E-state index in [1.807, 2.05) is 0 Å². The molecule has 5 nitrogen and oxygen atoms in total. The van der Waals surface area contributed by atoms with E-state index < -0.39 is 0 Å². The van der Waals surface area contributed by atoms with Gasteiger partial charge in [-0.2, -0.15) is 0 Å². The fourth-order valence-corrected chi connectivity index (χ4v) is 1.86. The molecule has 1 aromatic heterocycles. The van der Waals surface area contributed by atoms with Crippen molar-refractivity contribution in [3.05, 3.63) is 51.9 Å². The largest absolute Gasteiger partial charge is 0.497 e. The molecule has 1 heterocycles. The lowest BCUT2D eigenvalue weighted by molar-refractivity contribution is 0.101. The molecule has 0 atom stereocenters. The van der Waals surface area contributed by atoms with E-state index >= 15 is 0 Å². The molecule has 5 heteroatoms. The average Bonchev–Trinajstić information content (AvgIpc) is 2.37. The van der Waals surface area contributed by atoms with Crippen LogP contribution < -0.4 is 15.5 Å². The number of aryl methyl sites for hydroxylation is 1. The van der Waals surface area contributed by atoms with Crippen molar-refractivity contribution in [1.29, 1.82) is 0 Å². The fraction of sp³-hybridized carbons (Fsp3) is 0.200. The van der Waals surface area contributed by atoms with Crippen LogP contribution in [0.1, 0.15) is 23.0 Å². The van der Waals surface area contributed by atoms with E-state index in [0.717, 1.165) is 0 Å². The predicted molar refractivity (Wildman–Crippen MR) is 76.0 cm³/mol. The summed E-state index contributed by atoms with van der Waals surface area (Å²) in [7, 11) is 1.56. The minimum absolute atomic E-state index is 0.0124. The first-order chi connectivity index (χ1) is 9.51. The molecule has 0 aliphatic rings. The van der Waals surface area contributed by atoms with Crippen molar-refractivity contribution in [1.82, 2.24) is 0 Å². The number of Topliss-reactive ketones (excluding diaryl/α,β-unsaturated/α-hetero) is 1. The van der Waals surface area contributed by atoms with Crippen LogP contribution in [0.2, 0.25) is 0 Å². The highest BCUT2D eigenvalue weighted by atomic mass is 16.5. The second-order valence-corrected chi connectivity index (χ2v) is 4.34. The number of benzene rings is 1. The molecule has 0 unspecified atom stereocenters. The average molecular weight is 273 g/mol. The first-order valence-electron chi connectivity index (χ1n) is 6.08. The minimum atomic E-state index is -0.355. The monoisotopic (exact) mass is 273 g/mol. The van der Waals surface area contributed by atoms with Crippen molar-refractivity contribution in [2.24, 2.45) is 0 Å². The summed E-state index contributed by atoms with van der Waals surface area (Å²) in [5, 5.41) is 2.94. The molecule has 0 aliphatic heterocycles. The van der Waals surface area contributed by atoms with E-state index in [-0.39, 0.29) is 22.7 Å². The molecule has 2 rings (SSSR count). The number of anilines is 2. The summed E-state index contributed by atoms with van der Waals surface area (Å²) in [6, 6.07) is 8.42. The quantitative estimate of drug-likeness (QED) is 0.867. The first-order valence-corrected chi connectivity index (χ1v) is 6.08. The van der Waals surface area contributed by atoms with Gasteiger partial charge in [0.2, 0.25) is 5.88 Å². The van der Waals surface area contributed by atoms with Crippen molar-refractivity contribution in [2.45, 2.75) is 13.8 Å². The number of hydrogen-bond acceptors (Lipinski definition) is 5. The number of carbonyl (C=O) groups excluding carboxylic acids is 1. The second kappa shape index (κ2) is 5.61. The summed E-state index contributed by atoms with van der Waals surface area (Å²) in [6.07, 6.45) is 0. The molecule has 0 saturated heterocycles. The SMILES string of the molecule is COc1cccc(Nc2oc(C)cc(=O)c2C(C)=O)c1. The molecular formula is C15H15NO4. The van der Waals surface area contributed by atoms with Crippen LogP contribution in [0.3, 0.4) is 0 Å². The van der Waals surface area contributed by atoms with E-state index in [9.17, 15) is 9.59 Å². The van der Waals surface area contributed by atoms with Crippen LogP contribution in [0.4, 0.5) is 11.6 Å². The van der Waals surface area contributed by atoms with Gasteiger partial charge >= 0.3 is 0 Å². The van der Waals surface area contributed by atoms with Crippen LogP contribution in [0.25, 0.3) is 0 Å². The Bertz CT molecular complexity index is 703. The highest BCUT2D eigenvalue weighted by molar-refractivity contribution is 5.98. The zero-order chi connectivity index (χ0) is 14.7. The fourth-order valence-electron chi connectivity index (χ4n) is 1.86. The Hall–Kier alpha value is -2.56. The van der Waals surface area contributed by atoms with E-state index in [1.165, 1.54) is 13.0 Å². The van der Waals surface area contributed by atoms with Crippen LogP contribution in [0.15, 0.2) is 39.5 Å². The smallest absolute Gasteiger partial charge is 0.212 e. The number of ether oxygens (including phenoxy) is 1. The Morgan fingerprint density at radius 3 is 2.70 bits per heavy atom. The van der Waals surface area contributed by atoms with Crippen molar-refractivity contribution >= 4 is 17.4 Å². The van der Waals surface area contributed by atoms with Gasteiger partial charge in [0.15, 0.2) is 11.2 Å². The van der Waals surface area contributed by atoms with Crippen molar-refractivity contribution in [2.75, 3.05) is 12.4 Å². The Morgan fingerprint density at radius 2 is 2.05 bits per heavy atom. The minimum Gasteiger partial charge on any atom is -0.497 e. The maximum atomic E-state index is 11.9. The van der Waals surface area contributed by atoms with Gasteiger partial charge in [0.1, 0.15) is 17.1 Å². The molecule has 2 aromatic rings. The third-order valence-electron chi connectivity index (χ3n) is 2.75. The molecule has 0 radical (unpaired) electrons. The zero-order valence-electron chi connectivity index (χ0n) is 11.5. The van der Waals surface area contributed by atoms with Gasteiger partial charge in [-0.25, -0.2) is 0 Å². The molecule has 0 saturated carbocycles. The summed E-state index contributed by atoms with van der Waals surface area (Å²) >= 11 is 0. The maximum absolute atomic E-state index is 11.9. The van der Waals surface area contributed by atoms with Gasteiger partial charge in [0.05, 0.1) is 7.11 Å². The van der Waals surface area contributed by atoms with E-state index in [1.54, 1.807) is 38.3 Å². The molecular weight excluding hydrogens is 258 g/mol. The number of carbonyl (C=O) groups is 1. The summed E-state index contributed by atoms with van der Waals surface area (Å²) in [6.45, 7) is 2.99. The van der Waals surface area contributed by atoms with E-state index in [4.69, 9.17) is 9.15 Å². The van der Waals surface area contributed by atoms with Crippen molar-refractivity contribution in [3.8, 4) is 5.75 Å². The lowest BCUT2D eigenvalue weighted by Crippen LogP contribution is -2.15. The number of nitrogens with one attached hydrogen (secondary N) is 1. The Morgan fingerprint density at radius 1 is 1.30 bits per heavy atom. The van der Waals surface area contributed by atoms with Crippen LogP contribution in [-0.4, -0.2) is 12.9 Å². The van der Waals surface area contributed by atoms with Crippen LogP contribution >= 0.6 is 0 Å². The lowest BCUT2D eigenvalue weighted by atomic mass is 10.1. The van der Waals surface area contributed by atoms with Gasteiger partial charge in [-0.05, 0) is 26.0 Å². The molecule has 0 aliphatic carbocycles. The summed E-state index contributed by atoms with van der Waals surface area (Å²) in [5.41, 5.74) is 0.325. The number of hydrogen-bond donors (Lipinski definition) is 1. The van der Waals surface area contributed by atoms with Gasteiger partial charge in [-0.3, -0.25) is 9.59 Å². The molecule has 20 heavy (non-hydrogen) atoms. The van der Waals surface area contributed by atoms with Gasteiger partial charge in [0, 0.05) is 17.8 Å². The third kappa shape index (κ3) is 2.88. The Balaban J connectivity index is 2.47. The molecule has 1 N–H and O–H groups in total. The van der Waals surface area contributed by atoms with Gasteiger partial charge in [-0.15, -0.1) is 0 Å². The number of rotatable bonds is 4. The Labute approximate surface area is 116 Å². The zero-order valence-corrected chi connectivity index (χ0v) is 11.5. The van der Waals surface area contributed by atoms with E-state index in [2.05, 4.69) is 5.32 Å². The highest BCUT2D eigenvalue weighted by Gasteiger charge is 2.15. The third-order valence-corrected chi connectivity index (χ3v) is 2.75. The standard InChI is InChI=1S/C15H15NO4/c1-9-7-13(18)14(10(2)17)15(20-9)16-11-5-4-6-12(8-11)19-3/h4-8,16H,1-3H3. The van der Waals surface area contributed by atoms with Crippen LogP contribution in [0.5, 0.6) is 5.75 Å². The van der Waals surface area contributed by atoms with Gasteiger partial charge in [0.25, 0.3) is 0 Å². The summed E-state index contributed by atoms with van der Waals surface area (Å²) in [5.74, 6) is 0.902.